The van der Waals surface area contributed by atoms with Crippen LogP contribution in [0.25, 0.3) is 0 Å². The summed E-state index contributed by atoms with van der Waals surface area (Å²) in [6.07, 6.45) is -1.59. The Labute approximate surface area is 110 Å². The lowest BCUT2D eigenvalue weighted by Crippen LogP contribution is -2.23. The van der Waals surface area contributed by atoms with Gasteiger partial charge in [0.05, 0.1) is 5.56 Å². The quantitative estimate of drug-likeness (QED) is 0.846. The summed E-state index contributed by atoms with van der Waals surface area (Å²) in [5.41, 5.74) is 5.41. The fraction of sp³-hybridized carbons (Fsp3) is 0.500. The number of benzene rings is 1. The van der Waals surface area contributed by atoms with Gasteiger partial charge in [-0.3, -0.25) is 4.79 Å². The molecule has 1 atom stereocenters. The minimum atomic E-state index is -4.31. The highest BCUT2D eigenvalue weighted by Gasteiger charge is 2.29. The zero-order chi connectivity index (χ0) is 14.5. The van der Waals surface area contributed by atoms with E-state index in [-0.39, 0.29) is 11.8 Å². The van der Waals surface area contributed by atoms with Gasteiger partial charge in [0.1, 0.15) is 0 Å². The average molecular weight is 273 g/mol. The van der Waals surface area contributed by atoms with Gasteiger partial charge < -0.3 is 5.73 Å². The van der Waals surface area contributed by atoms with Crippen LogP contribution < -0.4 is 5.73 Å². The lowest BCUT2D eigenvalue weighted by atomic mass is 9.94. The molecule has 0 heterocycles. The van der Waals surface area contributed by atoms with Gasteiger partial charge in [-0.15, -0.1) is 0 Å². The van der Waals surface area contributed by atoms with Crippen LogP contribution in [0.4, 0.5) is 13.2 Å². The number of nitrogens with two attached hydrogens (primary N) is 1. The lowest BCUT2D eigenvalue weighted by molar-refractivity contribution is -0.137. The second kappa shape index (κ2) is 6.59. The van der Waals surface area contributed by atoms with Gasteiger partial charge in [0.2, 0.25) is 5.91 Å². The number of aryl methyl sites for hydroxylation is 1. The molecule has 0 aliphatic heterocycles. The van der Waals surface area contributed by atoms with E-state index in [9.17, 15) is 18.0 Å². The van der Waals surface area contributed by atoms with Gasteiger partial charge in [-0.2, -0.15) is 13.2 Å². The molecule has 0 spiro atoms. The third kappa shape index (κ3) is 4.93. The zero-order valence-electron chi connectivity index (χ0n) is 10.8. The van der Waals surface area contributed by atoms with Crippen molar-refractivity contribution in [3.8, 4) is 0 Å². The van der Waals surface area contributed by atoms with Crippen LogP contribution in [0.2, 0.25) is 0 Å². The Morgan fingerprint density at radius 1 is 1.21 bits per heavy atom. The maximum atomic E-state index is 12.4. The SMILES string of the molecule is CCCC(CCc1ccc(C(F)(F)F)cc1)C(N)=O. The molecule has 0 bridgehead atoms. The highest BCUT2D eigenvalue weighted by atomic mass is 19.4. The van der Waals surface area contributed by atoms with Crippen LogP contribution in [-0.4, -0.2) is 5.91 Å². The number of carbonyl (C=O) groups excluding carboxylic acids is 1. The zero-order valence-corrected chi connectivity index (χ0v) is 10.8. The van der Waals surface area contributed by atoms with Crippen LogP contribution in [0.5, 0.6) is 0 Å². The molecule has 1 aromatic carbocycles. The Balaban J connectivity index is 2.61. The monoisotopic (exact) mass is 273 g/mol. The molecular formula is C14H18F3NO. The summed E-state index contributed by atoms with van der Waals surface area (Å²) in [5, 5.41) is 0. The molecule has 1 amide bonds. The molecule has 106 valence electrons. The first-order valence-electron chi connectivity index (χ1n) is 6.30. The van der Waals surface area contributed by atoms with Crippen molar-refractivity contribution < 1.29 is 18.0 Å². The molecule has 1 unspecified atom stereocenters. The van der Waals surface area contributed by atoms with E-state index < -0.39 is 11.7 Å². The molecule has 0 aliphatic carbocycles. The minimum absolute atomic E-state index is 0.202. The maximum Gasteiger partial charge on any atom is 0.416 e. The third-order valence-corrected chi connectivity index (χ3v) is 3.10. The van der Waals surface area contributed by atoms with Crippen molar-refractivity contribution in [1.29, 1.82) is 0 Å². The average Bonchev–Trinajstić information content (AvgIpc) is 2.33. The van der Waals surface area contributed by atoms with E-state index in [2.05, 4.69) is 0 Å². The second-order valence-electron chi connectivity index (χ2n) is 4.62. The van der Waals surface area contributed by atoms with Crippen LogP contribution in [0, 0.1) is 5.92 Å². The first-order chi connectivity index (χ1) is 8.84. The largest absolute Gasteiger partial charge is 0.416 e. The number of primary amides is 1. The molecule has 0 saturated heterocycles. The standard InChI is InChI=1S/C14H18F3NO/c1-2-3-11(13(18)19)7-4-10-5-8-12(9-6-10)14(15,16)17/h5-6,8-9,11H,2-4,7H2,1H3,(H2,18,19). The number of carbonyl (C=O) groups is 1. The van der Waals surface area contributed by atoms with E-state index in [4.69, 9.17) is 5.73 Å². The van der Waals surface area contributed by atoms with Crippen LogP contribution >= 0.6 is 0 Å². The third-order valence-electron chi connectivity index (χ3n) is 3.10. The molecule has 1 rings (SSSR count). The smallest absolute Gasteiger partial charge is 0.369 e. The van der Waals surface area contributed by atoms with Gasteiger partial charge in [0.25, 0.3) is 0 Å². The van der Waals surface area contributed by atoms with Crippen molar-refractivity contribution >= 4 is 5.91 Å². The molecule has 0 radical (unpaired) electrons. The summed E-state index contributed by atoms with van der Waals surface area (Å²) in [4.78, 5) is 11.2. The number of rotatable bonds is 6. The lowest BCUT2D eigenvalue weighted by Gasteiger charge is -2.12. The van der Waals surface area contributed by atoms with Gasteiger partial charge >= 0.3 is 6.18 Å². The summed E-state index contributed by atoms with van der Waals surface area (Å²) in [6.45, 7) is 1.97. The molecule has 5 heteroatoms. The van der Waals surface area contributed by atoms with E-state index in [1.165, 1.54) is 12.1 Å². The number of alkyl halides is 3. The van der Waals surface area contributed by atoms with Crippen LogP contribution in [0.3, 0.4) is 0 Å². The Morgan fingerprint density at radius 3 is 2.21 bits per heavy atom. The van der Waals surface area contributed by atoms with Crippen molar-refractivity contribution in [2.75, 3.05) is 0 Å². The Kier molecular flexibility index (Phi) is 5.39. The van der Waals surface area contributed by atoms with E-state index in [0.29, 0.717) is 12.8 Å². The minimum Gasteiger partial charge on any atom is -0.369 e. The van der Waals surface area contributed by atoms with Crippen molar-refractivity contribution in [2.24, 2.45) is 11.7 Å². The van der Waals surface area contributed by atoms with Crippen molar-refractivity contribution in [3.05, 3.63) is 35.4 Å². The highest BCUT2D eigenvalue weighted by molar-refractivity contribution is 5.76. The normalized spacial score (nSPS) is 13.3. The molecule has 0 aliphatic rings. The molecule has 19 heavy (non-hydrogen) atoms. The van der Waals surface area contributed by atoms with Crippen LogP contribution in [-0.2, 0) is 17.4 Å². The molecular weight excluding hydrogens is 255 g/mol. The number of hydrogen-bond acceptors (Lipinski definition) is 1. The topological polar surface area (TPSA) is 43.1 Å². The Bertz CT molecular complexity index is 412. The summed E-state index contributed by atoms with van der Waals surface area (Å²) in [5.74, 6) is -0.541. The molecule has 2 N–H and O–H groups in total. The highest BCUT2D eigenvalue weighted by Crippen LogP contribution is 2.29. The predicted molar refractivity (Wildman–Crippen MR) is 67.4 cm³/mol. The van der Waals surface area contributed by atoms with Crippen molar-refractivity contribution in [2.45, 2.75) is 38.8 Å². The van der Waals surface area contributed by atoms with E-state index >= 15 is 0 Å². The molecule has 1 aromatic rings. The second-order valence-corrected chi connectivity index (χ2v) is 4.62. The maximum absolute atomic E-state index is 12.4. The van der Waals surface area contributed by atoms with Gasteiger partial charge in [0, 0.05) is 5.92 Å². The van der Waals surface area contributed by atoms with Gasteiger partial charge in [0.15, 0.2) is 0 Å². The molecule has 2 nitrogen and oxygen atoms in total. The Hall–Kier alpha value is -1.52. The fourth-order valence-corrected chi connectivity index (χ4v) is 1.98. The molecule has 0 fully saturated rings. The number of halogens is 3. The summed E-state index contributed by atoms with van der Waals surface area (Å²) >= 11 is 0. The summed E-state index contributed by atoms with van der Waals surface area (Å²) in [7, 11) is 0. The van der Waals surface area contributed by atoms with Crippen LogP contribution in [0.1, 0.15) is 37.3 Å². The first-order valence-corrected chi connectivity index (χ1v) is 6.30. The Morgan fingerprint density at radius 2 is 1.79 bits per heavy atom. The van der Waals surface area contributed by atoms with Crippen molar-refractivity contribution in [3.63, 3.8) is 0 Å². The van der Waals surface area contributed by atoms with Gasteiger partial charge in [-0.1, -0.05) is 25.5 Å². The molecule has 0 aromatic heterocycles. The van der Waals surface area contributed by atoms with E-state index in [0.717, 1.165) is 30.5 Å². The van der Waals surface area contributed by atoms with E-state index in [1.54, 1.807) is 0 Å². The number of amides is 1. The summed E-state index contributed by atoms with van der Waals surface area (Å²) in [6, 6.07) is 5.03. The van der Waals surface area contributed by atoms with E-state index in [1.807, 2.05) is 6.92 Å². The summed E-state index contributed by atoms with van der Waals surface area (Å²) < 4.78 is 37.1. The fourth-order valence-electron chi connectivity index (χ4n) is 1.98. The van der Waals surface area contributed by atoms with Gasteiger partial charge in [-0.05, 0) is 37.0 Å². The van der Waals surface area contributed by atoms with Crippen molar-refractivity contribution in [1.82, 2.24) is 0 Å². The first kappa shape index (κ1) is 15.5. The predicted octanol–water partition coefficient (Wildman–Crippen LogP) is 3.54. The molecule has 0 saturated carbocycles. The van der Waals surface area contributed by atoms with Gasteiger partial charge in [-0.25, -0.2) is 0 Å². The number of hydrogen-bond donors (Lipinski definition) is 1. The van der Waals surface area contributed by atoms with Crippen LogP contribution in [0.15, 0.2) is 24.3 Å².